The first-order valence-electron chi connectivity index (χ1n) is 5.80. The van der Waals surface area contributed by atoms with Crippen LogP contribution in [0.5, 0.6) is 5.88 Å². The van der Waals surface area contributed by atoms with Crippen LogP contribution in [0.3, 0.4) is 0 Å². The highest BCUT2D eigenvalue weighted by atomic mass is 19.1. The number of aliphatic carboxylic acids is 1. The van der Waals surface area contributed by atoms with Gasteiger partial charge in [-0.3, -0.25) is 4.79 Å². The van der Waals surface area contributed by atoms with Crippen molar-refractivity contribution in [2.45, 2.75) is 13.8 Å². The van der Waals surface area contributed by atoms with Crippen molar-refractivity contribution in [3.8, 4) is 5.88 Å². The van der Waals surface area contributed by atoms with E-state index in [2.05, 4.69) is 4.98 Å². The zero-order valence-electron chi connectivity index (χ0n) is 10.7. The molecule has 1 N–H and O–H groups in total. The second kappa shape index (κ2) is 4.84. The van der Waals surface area contributed by atoms with Crippen molar-refractivity contribution in [2.24, 2.45) is 5.41 Å². The van der Waals surface area contributed by atoms with E-state index in [1.54, 1.807) is 32.2 Å². The summed E-state index contributed by atoms with van der Waals surface area (Å²) in [6, 6.07) is 5.96. The summed E-state index contributed by atoms with van der Waals surface area (Å²) in [7, 11) is 0. The number of pyridine rings is 1. The fraction of sp³-hybridized carbons (Fsp3) is 0.286. The molecule has 4 nitrogen and oxygen atoms in total. The third kappa shape index (κ3) is 2.99. The van der Waals surface area contributed by atoms with Gasteiger partial charge in [-0.25, -0.2) is 9.37 Å². The number of carboxylic acid groups (broad SMARTS) is 1. The lowest BCUT2D eigenvalue weighted by Gasteiger charge is -2.19. The second-order valence-electron chi connectivity index (χ2n) is 4.99. The highest BCUT2D eigenvalue weighted by molar-refractivity contribution is 5.82. The Labute approximate surface area is 109 Å². The van der Waals surface area contributed by atoms with Crippen LogP contribution in [-0.4, -0.2) is 22.7 Å². The number of halogens is 1. The fourth-order valence-electron chi connectivity index (χ4n) is 1.49. The number of carbonyl (C=O) groups is 1. The lowest BCUT2D eigenvalue weighted by Crippen LogP contribution is -2.30. The Hall–Kier alpha value is -2.17. The molecule has 0 unspecified atom stereocenters. The largest absolute Gasteiger partial charge is 0.481 e. The van der Waals surface area contributed by atoms with E-state index >= 15 is 0 Å². The molecule has 0 saturated carbocycles. The van der Waals surface area contributed by atoms with Gasteiger partial charge in [0.15, 0.2) is 0 Å². The minimum atomic E-state index is -1.00. The molecule has 1 heterocycles. The van der Waals surface area contributed by atoms with Crippen molar-refractivity contribution < 1.29 is 19.0 Å². The number of carboxylic acids is 1. The molecule has 0 aliphatic heterocycles. The Morgan fingerprint density at radius 3 is 2.79 bits per heavy atom. The normalized spacial score (nSPS) is 11.5. The number of nitrogens with zero attached hydrogens (tertiary/aromatic N) is 1. The van der Waals surface area contributed by atoms with E-state index in [4.69, 9.17) is 9.84 Å². The molecule has 2 aromatic rings. The molecule has 5 heteroatoms. The van der Waals surface area contributed by atoms with Crippen LogP contribution in [-0.2, 0) is 4.79 Å². The number of hydrogen-bond donors (Lipinski definition) is 1. The van der Waals surface area contributed by atoms with Gasteiger partial charge in [-0.05, 0) is 37.4 Å². The van der Waals surface area contributed by atoms with Gasteiger partial charge in [-0.2, -0.15) is 0 Å². The Morgan fingerprint density at radius 1 is 1.37 bits per heavy atom. The summed E-state index contributed by atoms with van der Waals surface area (Å²) in [5.74, 6) is -0.998. The zero-order chi connectivity index (χ0) is 14.0. The molecule has 0 fully saturated rings. The summed E-state index contributed by atoms with van der Waals surface area (Å²) in [5, 5.41) is 10.4. The maximum absolute atomic E-state index is 13.1. The van der Waals surface area contributed by atoms with Gasteiger partial charge >= 0.3 is 5.97 Å². The number of hydrogen-bond acceptors (Lipinski definition) is 3. The smallest absolute Gasteiger partial charge is 0.312 e. The van der Waals surface area contributed by atoms with Crippen molar-refractivity contribution in [1.29, 1.82) is 0 Å². The second-order valence-corrected chi connectivity index (χ2v) is 4.99. The Kier molecular flexibility index (Phi) is 3.38. The van der Waals surface area contributed by atoms with E-state index in [0.717, 1.165) is 5.39 Å². The molecule has 0 spiro atoms. The third-order valence-corrected chi connectivity index (χ3v) is 2.82. The molecular weight excluding hydrogens is 249 g/mol. The maximum atomic E-state index is 13.1. The summed E-state index contributed by atoms with van der Waals surface area (Å²) in [6.45, 7) is 3.13. The highest BCUT2D eigenvalue weighted by Gasteiger charge is 2.28. The van der Waals surface area contributed by atoms with Crippen LogP contribution >= 0.6 is 0 Å². The molecule has 0 amide bonds. The van der Waals surface area contributed by atoms with E-state index in [0.29, 0.717) is 5.39 Å². The van der Waals surface area contributed by atoms with Crippen LogP contribution < -0.4 is 4.74 Å². The van der Waals surface area contributed by atoms with Gasteiger partial charge in [0, 0.05) is 17.6 Å². The number of benzene rings is 1. The maximum Gasteiger partial charge on any atom is 0.312 e. The van der Waals surface area contributed by atoms with Gasteiger partial charge in [0.2, 0.25) is 5.88 Å². The van der Waals surface area contributed by atoms with Crippen LogP contribution in [0.25, 0.3) is 10.8 Å². The molecule has 19 heavy (non-hydrogen) atoms. The van der Waals surface area contributed by atoms with Gasteiger partial charge in [0.1, 0.15) is 12.4 Å². The van der Waals surface area contributed by atoms with E-state index < -0.39 is 11.4 Å². The standard InChI is InChI=1S/C14H14FNO3/c1-14(2,13(17)18)8-19-12-6-10-5-11(15)4-3-9(10)7-16-12/h3-7H,8H2,1-2H3,(H,17,18). The number of fused-ring (bicyclic) bond motifs is 1. The molecule has 0 aliphatic carbocycles. The average molecular weight is 263 g/mol. The minimum Gasteiger partial charge on any atom is -0.481 e. The zero-order valence-corrected chi connectivity index (χ0v) is 10.7. The molecule has 0 radical (unpaired) electrons. The number of aromatic nitrogens is 1. The molecule has 100 valence electrons. The molecule has 0 atom stereocenters. The molecular formula is C14H14FNO3. The molecule has 0 saturated heterocycles. The van der Waals surface area contributed by atoms with Crippen LogP contribution in [0.4, 0.5) is 4.39 Å². The monoisotopic (exact) mass is 263 g/mol. The van der Waals surface area contributed by atoms with Gasteiger partial charge in [-0.1, -0.05) is 0 Å². The SMILES string of the molecule is CC(C)(COc1cc2cc(F)ccc2cn1)C(=O)O. The summed E-state index contributed by atoms with van der Waals surface area (Å²) in [5.41, 5.74) is -1.00. The van der Waals surface area contributed by atoms with Crippen LogP contribution in [0, 0.1) is 11.2 Å². The van der Waals surface area contributed by atoms with Crippen molar-refractivity contribution in [1.82, 2.24) is 4.98 Å². The first-order valence-corrected chi connectivity index (χ1v) is 5.80. The molecule has 1 aromatic heterocycles. The summed E-state index contributed by atoms with van der Waals surface area (Å²) in [4.78, 5) is 15.0. The minimum absolute atomic E-state index is 0.00381. The van der Waals surface area contributed by atoms with Crippen LogP contribution in [0.2, 0.25) is 0 Å². The van der Waals surface area contributed by atoms with E-state index in [1.165, 1.54) is 12.1 Å². The third-order valence-electron chi connectivity index (χ3n) is 2.82. The van der Waals surface area contributed by atoms with Gasteiger partial charge in [-0.15, -0.1) is 0 Å². The summed E-state index contributed by atoms with van der Waals surface area (Å²) >= 11 is 0. The van der Waals surface area contributed by atoms with Crippen molar-refractivity contribution in [3.05, 3.63) is 36.3 Å². The van der Waals surface area contributed by atoms with E-state index in [-0.39, 0.29) is 18.3 Å². The molecule has 1 aromatic carbocycles. The summed E-state index contributed by atoms with van der Waals surface area (Å²) < 4.78 is 18.5. The van der Waals surface area contributed by atoms with E-state index in [1.807, 2.05) is 0 Å². The first kappa shape index (κ1) is 13.3. The molecule has 0 bridgehead atoms. The van der Waals surface area contributed by atoms with Crippen molar-refractivity contribution in [2.75, 3.05) is 6.61 Å². The van der Waals surface area contributed by atoms with Crippen LogP contribution in [0.1, 0.15) is 13.8 Å². The van der Waals surface area contributed by atoms with Crippen LogP contribution in [0.15, 0.2) is 30.5 Å². The Bertz CT molecular complexity index is 625. The fourth-order valence-corrected chi connectivity index (χ4v) is 1.49. The number of rotatable bonds is 4. The van der Waals surface area contributed by atoms with Crippen molar-refractivity contribution in [3.63, 3.8) is 0 Å². The average Bonchev–Trinajstić information content (AvgIpc) is 2.35. The quantitative estimate of drug-likeness (QED) is 0.921. The first-order chi connectivity index (χ1) is 8.88. The molecule has 0 aliphatic rings. The van der Waals surface area contributed by atoms with Crippen molar-refractivity contribution >= 4 is 16.7 Å². The van der Waals surface area contributed by atoms with Gasteiger partial charge < -0.3 is 9.84 Å². The predicted molar refractivity (Wildman–Crippen MR) is 68.6 cm³/mol. The highest BCUT2D eigenvalue weighted by Crippen LogP contribution is 2.21. The van der Waals surface area contributed by atoms with Gasteiger partial charge in [0.25, 0.3) is 0 Å². The lowest BCUT2D eigenvalue weighted by atomic mass is 9.95. The Morgan fingerprint density at radius 2 is 2.11 bits per heavy atom. The van der Waals surface area contributed by atoms with Gasteiger partial charge in [0.05, 0.1) is 5.41 Å². The molecule has 2 rings (SSSR count). The topological polar surface area (TPSA) is 59.4 Å². The predicted octanol–water partition coefficient (Wildman–Crippen LogP) is 2.86. The summed E-state index contributed by atoms with van der Waals surface area (Å²) in [6.07, 6.45) is 1.57. The Balaban J connectivity index is 2.20. The number of ether oxygens (including phenoxy) is 1. The lowest BCUT2D eigenvalue weighted by molar-refractivity contribution is -0.148. The van der Waals surface area contributed by atoms with E-state index in [9.17, 15) is 9.18 Å².